The molecule has 3 amide bonds. The molecular weight excluding hydrogens is 556 g/mol. The van der Waals surface area contributed by atoms with Crippen molar-refractivity contribution in [2.45, 2.75) is 64.2 Å². The maximum Gasteiger partial charge on any atom is 0.407 e. The summed E-state index contributed by atoms with van der Waals surface area (Å²) < 4.78 is 11.6. The average Bonchev–Trinajstić information content (AvgIpc) is 2.98. The number of carbonyl (C=O) groups excluding carboxylic acids is 3. The van der Waals surface area contributed by atoms with Crippen molar-refractivity contribution in [1.82, 2.24) is 30.4 Å². The second-order valence-corrected chi connectivity index (χ2v) is 11.6. The molecule has 2 saturated heterocycles. The van der Waals surface area contributed by atoms with Gasteiger partial charge in [-0.1, -0.05) is 30.3 Å². The summed E-state index contributed by atoms with van der Waals surface area (Å²) >= 11 is 0. The van der Waals surface area contributed by atoms with Crippen molar-refractivity contribution in [2.75, 3.05) is 39.3 Å². The monoisotopic (exact) mass is 596 g/mol. The number of nitrogens with one attached hydrogen (secondary N) is 2. The first kappa shape index (κ1) is 31.7. The first-order valence-electron chi connectivity index (χ1n) is 14.6. The van der Waals surface area contributed by atoms with E-state index in [1.807, 2.05) is 30.3 Å². The Bertz CT molecular complexity index is 1290. The zero-order valence-corrected chi connectivity index (χ0v) is 24.9. The zero-order chi connectivity index (χ0) is 31.0. The van der Waals surface area contributed by atoms with E-state index in [9.17, 15) is 24.3 Å². The highest BCUT2D eigenvalue weighted by Gasteiger charge is 2.32. The molecule has 13 nitrogen and oxygen atoms in total. The van der Waals surface area contributed by atoms with Gasteiger partial charge in [0.25, 0.3) is 5.91 Å². The van der Waals surface area contributed by atoms with Crippen molar-refractivity contribution >= 4 is 23.9 Å². The third-order valence-electron chi connectivity index (χ3n) is 7.06. The van der Waals surface area contributed by atoms with Crippen molar-refractivity contribution in [3.05, 3.63) is 42.1 Å². The highest BCUT2D eigenvalue weighted by Crippen LogP contribution is 2.22. The molecule has 0 unspecified atom stereocenters. The van der Waals surface area contributed by atoms with E-state index in [1.165, 1.54) is 15.9 Å². The molecule has 3 N–H and O–H groups in total. The number of hydrogen-bond acceptors (Lipinski definition) is 9. The minimum Gasteiger partial charge on any atom is -0.474 e. The van der Waals surface area contributed by atoms with Crippen LogP contribution in [-0.4, -0.2) is 106 Å². The van der Waals surface area contributed by atoms with E-state index < -0.39 is 35.5 Å². The van der Waals surface area contributed by atoms with Crippen LogP contribution >= 0.6 is 0 Å². The Labute approximate surface area is 251 Å². The van der Waals surface area contributed by atoms with Gasteiger partial charge in [0.05, 0.1) is 0 Å². The maximum absolute atomic E-state index is 13.6. The van der Waals surface area contributed by atoms with Crippen LogP contribution in [0, 0.1) is 0 Å². The Morgan fingerprint density at radius 2 is 1.67 bits per heavy atom. The molecule has 0 saturated carbocycles. The normalized spacial score (nSPS) is 16.7. The van der Waals surface area contributed by atoms with Crippen LogP contribution in [0.25, 0.3) is 11.4 Å². The minimum absolute atomic E-state index is 0.00626. The summed E-state index contributed by atoms with van der Waals surface area (Å²) in [6.07, 6.45) is 0.357. The van der Waals surface area contributed by atoms with Crippen molar-refractivity contribution in [1.29, 1.82) is 0 Å². The molecule has 0 radical (unpaired) electrons. The summed E-state index contributed by atoms with van der Waals surface area (Å²) in [4.78, 5) is 62.8. The lowest BCUT2D eigenvalue weighted by molar-refractivity contribution is -0.155. The number of carboxylic acid groups (broad SMARTS) is 1. The van der Waals surface area contributed by atoms with Crippen molar-refractivity contribution in [3.8, 4) is 17.3 Å². The predicted molar refractivity (Wildman–Crippen MR) is 156 cm³/mol. The van der Waals surface area contributed by atoms with Crippen LogP contribution in [0.15, 0.2) is 36.4 Å². The van der Waals surface area contributed by atoms with E-state index >= 15 is 0 Å². The summed E-state index contributed by atoms with van der Waals surface area (Å²) in [5.41, 5.74) is 0.0109. The number of nitrogens with zero attached hydrogens (tertiary/aromatic N) is 4. The highest BCUT2D eigenvalue weighted by molar-refractivity contribution is 5.96. The summed E-state index contributed by atoms with van der Waals surface area (Å²) in [5.74, 6) is -0.973. The topological polar surface area (TPSA) is 163 Å². The number of piperazine rings is 1. The first-order valence-corrected chi connectivity index (χ1v) is 14.6. The van der Waals surface area contributed by atoms with Crippen LogP contribution in [0.1, 0.15) is 56.9 Å². The molecule has 0 spiro atoms. The summed E-state index contributed by atoms with van der Waals surface area (Å²) in [5, 5.41) is 15.3. The SMILES string of the molecule is CC(C)(C)OC(=O)CC[C@H](NC(=O)c1cc(OC2CCNCC2)nc(-c2ccccc2)n1)C(=O)N1CCN(C(=O)O)CC1. The molecular formula is C30H40N6O7. The van der Waals surface area contributed by atoms with Crippen LogP contribution in [0.3, 0.4) is 0 Å². The Balaban J connectivity index is 1.56. The third kappa shape index (κ3) is 9.37. The van der Waals surface area contributed by atoms with Gasteiger partial charge < -0.3 is 35.0 Å². The minimum atomic E-state index is -1.07. The molecule has 13 heteroatoms. The van der Waals surface area contributed by atoms with Crippen molar-refractivity contribution in [2.24, 2.45) is 0 Å². The van der Waals surface area contributed by atoms with Gasteiger partial charge in [0, 0.05) is 44.2 Å². The van der Waals surface area contributed by atoms with E-state index in [4.69, 9.17) is 9.47 Å². The van der Waals surface area contributed by atoms with Crippen LogP contribution in [0.4, 0.5) is 4.79 Å². The lowest BCUT2D eigenvalue weighted by Crippen LogP contribution is -2.55. The number of amides is 3. The maximum atomic E-state index is 13.6. The fourth-order valence-corrected chi connectivity index (χ4v) is 4.88. The van der Waals surface area contributed by atoms with E-state index in [0.29, 0.717) is 11.4 Å². The molecule has 0 aliphatic carbocycles. The number of hydrogen-bond donors (Lipinski definition) is 3. The first-order chi connectivity index (χ1) is 20.5. The van der Waals surface area contributed by atoms with Gasteiger partial charge in [-0.15, -0.1) is 0 Å². The standard InChI is InChI=1S/C30H40N6O7/c1-30(2,3)43-25(37)10-9-22(28(39)35-15-17-36(18-16-35)29(40)41)33-27(38)23-19-24(42-21-11-13-31-14-12-21)34-26(32-23)20-7-5-4-6-8-20/h4-8,19,21-22,31H,9-18H2,1-3H3,(H,33,38)(H,40,41)/t22-/m0/s1. The van der Waals surface area contributed by atoms with E-state index in [1.54, 1.807) is 20.8 Å². The zero-order valence-electron chi connectivity index (χ0n) is 24.9. The molecule has 4 rings (SSSR count). The van der Waals surface area contributed by atoms with Gasteiger partial charge in [-0.2, -0.15) is 4.98 Å². The molecule has 1 atom stereocenters. The molecule has 2 aliphatic rings. The second-order valence-electron chi connectivity index (χ2n) is 11.6. The van der Waals surface area contributed by atoms with Crippen LogP contribution < -0.4 is 15.4 Å². The van der Waals surface area contributed by atoms with Crippen LogP contribution in [0.2, 0.25) is 0 Å². The largest absolute Gasteiger partial charge is 0.474 e. The number of piperidine rings is 1. The summed E-state index contributed by atoms with van der Waals surface area (Å²) in [6.45, 7) is 7.52. The summed E-state index contributed by atoms with van der Waals surface area (Å²) in [7, 11) is 0. The molecule has 2 fully saturated rings. The number of carbonyl (C=O) groups is 4. The molecule has 1 aromatic carbocycles. The number of ether oxygens (including phenoxy) is 2. The van der Waals surface area contributed by atoms with E-state index in [2.05, 4.69) is 20.6 Å². The Hall–Kier alpha value is -4.26. The van der Waals surface area contributed by atoms with Gasteiger partial charge in [-0.05, 0) is 53.1 Å². The molecule has 43 heavy (non-hydrogen) atoms. The van der Waals surface area contributed by atoms with Crippen LogP contribution in [-0.2, 0) is 14.3 Å². The van der Waals surface area contributed by atoms with Gasteiger partial charge in [-0.3, -0.25) is 14.4 Å². The third-order valence-corrected chi connectivity index (χ3v) is 7.06. The quantitative estimate of drug-likeness (QED) is 0.366. The molecule has 2 aromatic rings. The number of aromatic nitrogens is 2. The van der Waals surface area contributed by atoms with Crippen molar-refractivity contribution < 1.29 is 33.8 Å². The van der Waals surface area contributed by atoms with Crippen LogP contribution in [0.5, 0.6) is 5.88 Å². The van der Waals surface area contributed by atoms with Gasteiger partial charge in [-0.25, -0.2) is 9.78 Å². The lowest BCUT2D eigenvalue weighted by atomic mass is 10.1. The molecule has 2 aliphatic heterocycles. The fraction of sp³-hybridized carbons (Fsp3) is 0.533. The molecule has 232 valence electrons. The Kier molecular flexibility index (Phi) is 10.5. The van der Waals surface area contributed by atoms with Gasteiger partial charge in [0.1, 0.15) is 23.4 Å². The highest BCUT2D eigenvalue weighted by atomic mass is 16.6. The number of esters is 1. The Morgan fingerprint density at radius 1 is 1.02 bits per heavy atom. The summed E-state index contributed by atoms with van der Waals surface area (Å²) in [6, 6.07) is 9.60. The molecule has 0 bridgehead atoms. The average molecular weight is 597 g/mol. The molecule has 3 heterocycles. The smallest absolute Gasteiger partial charge is 0.407 e. The number of rotatable bonds is 9. The Morgan fingerprint density at radius 3 is 2.30 bits per heavy atom. The van der Waals surface area contributed by atoms with E-state index in [0.717, 1.165) is 25.9 Å². The van der Waals surface area contributed by atoms with Gasteiger partial charge in [0.15, 0.2) is 5.82 Å². The predicted octanol–water partition coefficient (Wildman–Crippen LogP) is 2.32. The lowest BCUT2D eigenvalue weighted by Gasteiger charge is -2.35. The second kappa shape index (κ2) is 14.3. The van der Waals surface area contributed by atoms with E-state index in [-0.39, 0.29) is 56.7 Å². The van der Waals surface area contributed by atoms with Gasteiger partial charge in [0.2, 0.25) is 11.8 Å². The van der Waals surface area contributed by atoms with Crippen molar-refractivity contribution in [3.63, 3.8) is 0 Å². The number of benzene rings is 1. The van der Waals surface area contributed by atoms with Gasteiger partial charge >= 0.3 is 12.1 Å². The fourth-order valence-electron chi connectivity index (χ4n) is 4.88. The molecule has 1 aromatic heterocycles.